The van der Waals surface area contributed by atoms with Crippen LogP contribution in [0.15, 0.2) is 71.1 Å². The zero-order chi connectivity index (χ0) is 18.8. The SMILES string of the molecule is Cc1cc2c(cc(C(=O)NCc3ccccc3)n2Cc2ccccc2F)o1. The van der Waals surface area contributed by atoms with E-state index in [0.717, 1.165) is 16.8 Å². The third-order valence-corrected chi connectivity index (χ3v) is 4.53. The van der Waals surface area contributed by atoms with Gasteiger partial charge in [-0.1, -0.05) is 48.5 Å². The number of carbonyl (C=O) groups is 1. The fourth-order valence-corrected chi connectivity index (χ4v) is 3.19. The smallest absolute Gasteiger partial charge is 0.268 e. The van der Waals surface area contributed by atoms with Gasteiger partial charge in [-0.2, -0.15) is 0 Å². The Kier molecular flexibility index (Phi) is 4.50. The van der Waals surface area contributed by atoms with Gasteiger partial charge in [-0.05, 0) is 18.6 Å². The maximum atomic E-state index is 14.2. The van der Waals surface area contributed by atoms with Crippen LogP contribution in [0.1, 0.15) is 27.4 Å². The Morgan fingerprint density at radius 1 is 1.07 bits per heavy atom. The summed E-state index contributed by atoms with van der Waals surface area (Å²) in [4.78, 5) is 12.8. The van der Waals surface area contributed by atoms with E-state index in [9.17, 15) is 9.18 Å². The molecule has 0 aliphatic rings. The van der Waals surface area contributed by atoms with Crippen LogP contribution in [0.5, 0.6) is 0 Å². The number of rotatable bonds is 5. The van der Waals surface area contributed by atoms with Crippen molar-refractivity contribution < 1.29 is 13.6 Å². The molecule has 0 fully saturated rings. The van der Waals surface area contributed by atoms with Crippen LogP contribution in [0, 0.1) is 12.7 Å². The van der Waals surface area contributed by atoms with Crippen LogP contribution in [0.4, 0.5) is 4.39 Å². The van der Waals surface area contributed by atoms with Gasteiger partial charge in [0.25, 0.3) is 5.91 Å². The quantitative estimate of drug-likeness (QED) is 0.561. The molecule has 0 spiro atoms. The van der Waals surface area contributed by atoms with Crippen molar-refractivity contribution in [1.82, 2.24) is 9.88 Å². The highest BCUT2D eigenvalue weighted by molar-refractivity contribution is 5.97. The van der Waals surface area contributed by atoms with Gasteiger partial charge >= 0.3 is 0 Å². The van der Waals surface area contributed by atoms with Crippen molar-refractivity contribution in [2.45, 2.75) is 20.0 Å². The molecule has 0 bridgehead atoms. The predicted molar refractivity (Wildman–Crippen MR) is 102 cm³/mol. The number of benzene rings is 2. The summed E-state index contributed by atoms with van der Waals surface area (Å²) in [6, 6.07) is 19.9. The topological polar surface area (TPSA) is 47.2 Å². The number of nitrogens with zero attached hydrogens (tertiary/aromatic N) is 1. The van der Waals surface area contributed by atoms with Crippen LogP contribution in [-0.2, 0) is 13.1 Å². The van der Waals surface area contributed by atoms with E-state index in [0.29, 0.717) is 23.4 Å². The van der Waals surface area contributed by atoms with E-state index in [1.54, 1.807) is 28.8 Å². The molecular formula is C22H19FN2O2. The Morgan fingerprint density at radius 3 is 2.59 bits per heavy atom. The maximum absolute atomic E-state index is 14.2. The van der Waals surface area contributed by atoms with Gasteiger partial charge in [0.15, 0.2) is 5.58 Å². The summed E-state index contributed by atoms with van der Waals surface area (Å²) in [6.45, 7) is 2.52. The molecule has 2 aromatic heterocycles. The first-order valence-electron chi connectivity index (χ1n) is 8.77. The highest BCUT2D eigenvalue weighted by Gasteiger charge is 2.19. The lowest BCUT2D eigenvalue weighted by Gasteiger charge is -2.11. The number of hydrogen-bond donors (Lipinski definition) is 1. The lowest BCUT2D eigenvalue weighted by atomic mass is 10.2. The summed E-state index contributed by atoms with van der Waals surface area (Å²) in [5.74, 6) is 0.230. The van der Waals surface area contributed by atoms with Crippen molar-refractivity contribution in [1.29, 1.82) is 0 Å². The van der Waals surface area contributed by atoms with Crippen LogP contribution in [0.3, 0.4) is 0 Å². The predicted octanol–water partition coefficient (Wildman–Crippen LogP) is 4.66. The molecule has 27 heavy (non-hydrogen) atoms. The zero-order valence-corrected chi connectivity index (χ0v) is 14.9. The first kappa shape index (κ1) is 17.1. The van der Waals surface area contributed by atoms with Crippen molar-refractivity contribution in [3.63, 3.8) is 0 Å². The van der Waals surface area contributed by atoms with Gasteiger partial charge in [-0.3, -0.25) is 4.79 Å². The summed E-state index contributed by atoms with van der Waals surface area (Å²) in [5.41, 5.74) is 3.38. The van der Waals surface area contributed by atoms with Crippen molar-refractivity contribution in [2.24, 2.45) is 0 Å². The fraction of sp³-hybridized carbons (Fsp3) is 0.136. The largest absolute Gasteiger partial charge is 0.460 e. The molecule has 1 amide bonds. The van der Waals surface area contributed by atoms with E-state index in [4.69, 9.17) is 4.42 Å². The van der Waals surface area contributed by atoms with Gasteiger partial charge in [-0.25, -0.2) is 4.39 Å². The number of carbonyl (C=O) groups excluding carboxylic acids is 1. The summed E-state index contributed by atoms with van der Waals surface area (Å²) in [7, 11) is 0. The molecule has 0 saturated heterocycles. The second-order valence-corrected chi connectivity index (χ2v) is 6.48. The van der Waals surface area contributed by atoms with E-state index in [1.807, 2.05) is 43.3 Å². The summed E-state index contributed by atoms with van der Waals surface area (Å²) < 4.78 is 21.6. The maximum Gasteiger partial charge on any atom is 0.268 e. The number of aryl methyl sites for hydroxylation is 1. The number of nitrogens with one attached hydrogen (secondary N) is 1. The van der Waals surface area contributed by atoms with Crippen molar-refractivity contribution in [3.05, 3.63) is 95.1 Å². The zero-order valence-electron chi connectivity index (χ0n) is 14.9. The lowest BCUT2D eigenvalue weighted by Crippen LogP contribution is -2.25. The minimum atomic E-state index is -0.296. The Labute approximate surface area is 156 Å². The average molecular weight is 362 g/mol. The Bertz CT molecular complexity index is 1100. The summed E-state index contributed by atoms with van der Waals surface area (Å²) in [6.07, 6.45) is 0. The van der Waals surface area contributed by atoms with E-state index in [2.05, 4.69) is 5.32 Å². The first-order valence-corrected chi connectivity index (χ1v) is 8.77. The molecule has 0 aliphatic carbocycles. The molecule has 2 heterocycles. The van der Waals surface area contributed by atoms with Gasteiger partial charge in [0.2, 0.25) is 0 Å². The number of furan rings is 1. The molecule has 4 rings (SSSR count). The molecule has 5 heteroatoms. The Morgan fingerprint density at radius 2 is 1.81 bits per heavy atom. The van der Waals surface area contributed by atoms with E-state index in [-0.39, 0.29) is 18.3 Å². The number of fused-ring (bicyclic) bond motifs is 1. The van der Waals surface area contributed by atoms with Crippen molar-refractivity contribution in [3.8, 4) is 0 Å². The minimum absolute atomic E-state index is 0.223. The van der Waals surface area contributed by atoms with Gasteiger partial charge in [0.05, 0.1) is 12.1 Å². The van der Waals surface area contributed by atoms with Gasteiger partial charge < -0.3 is 14.3 Å². The third-order valence-electron chi connectivity index (χ3n) is 4.53. The second-order valence-electron chi connectivity index (χ2n) is 6.48. The van der Waals surface area contributed by atoms with Gasteiger partial charge in [0.1, 0.15) is 17.3 Å². The number of amides is 1. The molecule has 0 atom stereocenters. The average Bonchev–Trinajstić information content (AvgIpc) is 3.19. The normalized spacial score (nSPS) is 11.0. The molecule has 4 nitrogen and oxygen atoms in total. The summed E-state index contributed by atoms with van der Waals surface area (Å²) >= 11 is 0. The molecule has 0 radical (unpaired) electrons. The molecule has 0 aliphatic heterocycles. The van der Waals surface area contributed by atoms with Crippen LogP contribution in [0.25, 0.3) is 11.1 Å². The van der Waals surface area contributed by atoms with Crippen molar-refractivity contribution >= 4 is 17.0 Å². The molecule has 4 aromatic rings. The minimum Gasteiger partial charge on any atom is -0.460 e. The van der Waals surface area contributed by atoms with Crippen LogP contribution < -0.4 is 5.32 Å². The highest BCUT2D eigenvalue weighted by Crippen LogP contribution is 2.25. The molecule has 1 N–H and O–H groups in total. The second kappa shape index (κ2) is 7.11. The summed E-state index contributed by atoms with van der Waals surface area (Å²) in [5, 5.41) is 2.93. The highest BCUT2D eigenvalue weighted by atomic mass is 19.1. The Hall–Kier alpha value is -3.34. The monoisotopic (exact) mass is 362 g/mol. The van der Waals surface area contributed by atoms with Crippen LogP contribution >= 0.6 is 0 Å². The first-order chi connectivity index (χ1) is 13.1. The molecule has 0 saturated carbocycles. The molecular weight excluding hydrogens is 343 g/mol. The van der Waals surface area contributed by atoms with Gasteiger partial charge in [-0.15, -0.1) is 0 Å². The standard InChI is InChI=1S/C22H19FN2O2/c1-15-11-19-21(27-15)12-20(22(26)24-13-16-7-3-2-4-8-16)25(19)14-17-9-5-6-10-18(17)23/h2-12H,13-14H2,1H3,(H,24,26). The van der Waals surface area contributed by atoms with Gasteiger partial charge in [0, 0.05) is 24.2 Å². The Balaban J connectivity index is 1.66. The molecule has 136 valence electrons. The van der Waals surface area contributed by atoms with Crippen LogP contribution in [-0.4, -0.2) is 10.5 Å². The molecule has 2 aromatic carbocycles. The van der Waals surface area contributed by atoms with E-state index >= 15 is 0 Å². The van der Waals surface area contributed by atoms with Crippen LogP contribution in [0.2, 0.25) is 0 Å². The number of halogens is 1. The molecule has 0 unspecified atom stereocenters. The number of aromatic nitrogens is 1. The lowest BCUT2D eigenvalue weighted by molar-refractivity contribution is 0.0942. The van der Waals surface area contributed by atoms with Crippen molar-refractivity contribution in [2.75, 3.05) is 0 Å². The third kappa shape index (κ3) is 3.49. The van der Waals surface area contributed by atoms with E-state index < -0.39 is 0 Å². The van der Waals surface area contributed by atoms with E-state index in [1.165, 1.54) is 6.07 Å². The number of hydrogen-bond acceptors (Lipinski definition) is 2. The fourth-order valence-electron chi connectivity index (χ4n) is 3.19.